The lowest BCUT2D eigenvalue weighted by Gasteiger charge is -2.08. The molecule has 2 rings (SSSR count). The summed E-state index contributed by atoms with van der Waals surface area (Å²) in [4.78, 5) is 0. The predicted octanol–water partition coefficient (Wildman–Crippen LogP) is 3.35. The molecule has 1 unspecified atom stereocenters. The molecule has 0 saturated carbocycles. The Morgan fingerprint density at radius 1 is 1.25 bits per heavy atom. The summed E-state index contributed by atoms with van der Waals surface area (Å²) >= 11 is 5.74. The molecule has 0 spiro atoms. The summed E-state index contributed by atoms with van der Waals surface area (Å²) in [7, 11) is 0. The molecule has 0 aliphatic carbocycles. The Morgan fingerprint density at radius 2 is 1.94 bits per heavy atom. The highest BCUT2D eigenvalue weighted by Crippen LogP contribution is 2.26. The van der Waals surface area contributed by atoms with Crippen molar-refractivity contribution < 1.29 is 13.9 Å². The topological polar surface area (TPSA) is 33.4 Å². The molecule has 2 aromatic rings. The Hall–Kier alpha value is -1.32. The maximum atomic E-state index is 12.7. The summed E-state index contributed by atoms with van der Waals surface area (Å²) in [5, 5.41) is 10.1. The first-order valence-electron chi connectivity index (χ1n) is 4.82. The Balaban J connectivity index is 2.10. The van der Waals surface area contributed by atoms with Gasteiger partial charge in [0, 0.05) is 12.0 Å². The number of aliphatic hydroxyl groups excluding tert-OH is 1. The van der Waals surface area contributed by atoms with Gasteiger partial charge in [-0.2, -0.15) is 0 Å². The molecular weight excluding hydrogens is 231 g/mol. The largest absolute Gasteiger partial charge is 0.453 e. The molecule has 0 bridgehead atoms. The van der Waals surface area contributed by atoms with E-state index in [9.17, 15) is 9.50 Å². The molecule has 0 amide bonds. The monoisotopic (exact) mass is 240 g/mol. The van der Waals surface area contributed by atoms with E-state index in [-0.39, 0.29) is 11.0 Å². The van der Waals surface area contributed by atoms with E-state index in [0.717, 1.165) is 5.56 Å². The molecule has 0 aliphatic rings. The van der Waals surface area contributed by atoms with E-state index in [1.54, 1.807) is 18.2 Å². The minimum absolute atomic E-state index is 0.189. The second-order valence-corrected chi connectivity index (χ2v) is 3.84. The van der Waals surface area contributed by atoms with Crippen LogP contribution in [0.25, 0.3) is 0 Å². The molecule has 2 nitrogen and oxygen atoms in total. The fraction of sp³-hybridized carbons (Fsp3) is 0.167. The molecule has 84 valence electrons. The normalized spacial score (nSPS) is 12.7. The van der Waals surface area contributed by atoms with Crippen molar-refractivity contribution in [2.75, 3.05) is 0 Å². The maximum absolute atomic E-state index is 12.7. The van der Waals surface area contributed by atoms with E-state index in [2.05, 4.69) is 0 Å². The van der Waals surface area contributed by atoms with Crippen molar-refractivity contribution in [2.45, 2.75) is 12.5 Å². The van der Waals surface area contributed by atoms with Crippen LogP contribution in [0, 0.1) is 5.82 Å². The van der Waals surface area contributed by atoms with Crippen LogP contribution in [0.2, 0.25) is 5.22 Å². The summed E-state index contributed by atoms with van der Waals surface area (Å²) in [5.74, 6) is -0.292. The second-order valence-electron chi connectivity index (χ2n) is 3.50. The van der Waals surface area contributed by atoms with Gasteiger partial charge in [-0.25, -0.2) is 4.39 Å². The van der Waals surface area contributed by atoms with Gasteiger partial charge >= 0.3 is 0 Å². The van der Waals surface area contributed by atoms with Crippen LogP contribution in [0.3, 0.4) is 0 Å². The van der Waals surface area contributed by atoms with Crippen molar-refractivity contribution in [1.29, 1.82) is 0 Å². The van der Waals surface area contributed by atoms with E-state index in [4.69, 9.17) is 16.0 Å². The van der Waals surface area contributed by atoms with E-state index in [0.29, 0.717) is 12.0 Å². The van der Waals surface area contributed by atoms with E-state index in [1.807, 2.05) is 0 Å². The van der Waals surface area contributed by atoms with E-state index in [1.165, 1.54) is 18.4 Å². The molecule has 0 radical (unpaired) electrons. The summed E-state index contributed by atoms with van der Waals surface area (Å²) in [6.45, 7) is 0. The Morgan fingerprint density at radius 3 is 2.50 bits per heavy atom. The molecule has 0 saturated heterocycles. The highest BCUT2D eigenvalue weighted by atomic mass is 35.5. The number of hydrogen-bond donors (Lipinski definition) is 1. The zero-order chi connectivity index (χ0) is 11.5. The van der Waals surface area contributed by atoms with E-state index < -0.39 is 6.10 Å². The van der Waals surface area contributed by atoms with Gasteiger partial charge in [0.2, 0.25) is 0 Å². The molecule has 1 aromatic heterocycles. The highest BCUT2D eigenvalue weighted by Gasteiger charge is 2.14. The van der Waals surface area contributed by atoms with Crippen LogP contribution in [-0.4, -0.2) is 5.11 Å². The zero-order valence-corrected chi connectivity index (χ0v) is 9.12. The first-order valence-corrected chi connectivity index (χ1v) is 5.20. The smallest absolute Gasteiger partial charge is 0.198 e. The standard InChI is InChI=1S/C12H10ClFO2/c13-12-10(5-6-16-12)11(15)7-8-1-3-9(14)4-2-8/h1-6,11,15H,7H2. The van der Waals surface area contributed by atoms with Crippen molar-refractivity contribution >= 4 is 11.6 Å². The molecule has 0 aliphatic heterocycles. The van der Waals surface area contributed by atoms with Gasteiger partial charge < -0.3 is 9.52 Å². The maximum Gasteiger partial charge on any atom is 0.198 e. The van der Waals surface area contributed by atoms with Gasteiger partial charge in [0.1, 0.15) is 5.82 Å². The lowest BCUT2D eigenvalue weighted by molar-refractivity contribution is 0.177. The molecule has 1 aromatic carbocycles. The Kier molecular flexibility index (Phi) is 3.27. The molecule has 4 heteroatoms. The quantitative estimate of drug-likeness (QED) is 0.893. The van der Waals surface area contributed by atoms with Crippen molar-refractivity contribution in [2.24, 2.45) is 0 Å². The van der Waals surface area contributed by atoms with Crippen molar-refractivity contribution in [3.63, 3.8) is 0 Å². The van der Waals surface area contributed by atoms with Gasteiger partial charge in [-0.1, -0.05) is 12.1 Å². The van der Waals surface area contributed by atoms with Gasteiger partial charge in [0.05, 0.1) is 12.4 Å². The van der Waals surface area contributed by atoms with Crippen molar-refractivity contribution in [3.8, 4) is 0 Å². The molecule has 1 atom stereocenters. The number of aliphatic hydroxyl groups is 1. The first-order chi connectivity index (χ1) is 7.66. The third kappa shape index (κ3) is 2.43. The van der Waals surface area contributed by atoms with Crippen molar-refractivity contribution in [1.82, 2.24) is 0 Å². The number of hydrogen-bond acceptors (Lipinski definition) is 2. The van der Waals surface area contributed by atoms with Crippen LogP contribution >= 0.6 is 11.6 Å². The van der Waals surface area contributed by atoms with Gasteiger partial charge in [-0.05, 0) is 35.4 Å². The van der Waals surface area contributed by atoms with Gasteiger partial charge in [0.15, 0.2) is 5.22 Å². The molecule has 0 fully saturated rings. The second kappa shape index (κ2) is 4.68. The summed E-state index contributed by atoms with van der Waals surface area (Å²) in [5.41, 5.74) is 1.39. The molecule has 1 N–H and O–H groups in total. The molecular formula is C12H10ClFO2. The third-order valence-corrected chi connectivity index (χ3v) is 2.65. The highest BCUT2D eigenvalue weighted by molar-refractivity contribution is 6.29. The Labute approximate surface area is 97.3 Å². The van der Waals surface area contributed by atoms with Gasteiger partial charge in [0.25, 0.3) is 0 Å². The lowest BCUT2D eigenvalue weighted by Crippen LogP contribution is -2.01. The molecule has 16 heavy (non-hydrogen) atoms. The van der Waals surface area contributed by atoms with Crippen LogP contribution < -0.4 is 0 Å². The lowest BCUT2D eigenvalue weighted by atomic mass is 10.0. The Bertz CT molecular complexity index is 464. The molecule has 1 heterocycles. The number of benzene rings is 1. The zero-order valence-electron chi connectivity index (χ0n) is 8.36. The summed E-state index contributed by atoms with van der Waals surface area (Å²) < 4.78 is 17.6. The predicted molar refractivity (Wildman–Crippen MR) is 58.8 cm³/mol. The minimum atomic E-state index is -0.739. The average molecular weight is 241 g/mol. The van der Waals surface area contributed by atoms with Gasteiger partial charge in [-0.15, -0.1) is 0 Å². The fourth-order valence-corrected chi connectivity index (χ4v) is 1.74. The van der Waals surface area contributed by atoms with Crippen LogP contribution in [0.4, 0.5) is 4.39 Å². The van der Waals surface area contributed by atoms with Crippen LogP contribution in [0.5, 0.6) is 0 Å². The van der Waals surface area contributed by atoms with E-state index >= 15 is 0 Å². The number of rotatable bonds is 3. The van der Waals surface area contributed by atoms with Gasteiger partial charge in [-0.3, -0.25) is 0 Å². The SMILES string of the molecule is OC(Cc1ccc(F)cc1)c1ccoc1Cl. The van der Waals surface area contributed by atoms with Crippen LogP contribution in [-0.2, 0) is 6.42 Å². The van der Waals surface area contributed by atoms with Crippen molar-refractivity contribution in [3.05, 3.63) is 58.8 Å². The average Bonchev–Trinajstić information content (AvgIpc) is 2.68. The summed E-state index contributed by atoms with van der Waals surface area (Å²) in [6, 6.07) is 7.60. The first kappa shape index (κ1) is 11.2. The fourth-order valence-electron chi connectivity index (χ4n) is 1.50. The third-order valence-electron chi connectivity index (χ3n) is 2.35. The van der Waals surface area contributed by atoms with Crippen LogP contribution in [0.1, 0.15) is 17.2 Å². The number of halogens is 2. The number of furan rings is 1. The summed E-state index contributed by atoms with van der Waals surface area (Å²) in [6.07, 6.45) is 1.06. The minimum Gasteiger partial charge on any atom is -0.453 e. The van der Waals surface area contributed by atoms with Crippen LogP contribution in [0.15, 0.2) is 41.0 Å².